The molecular formula is C31H24F7N5O2. The Bertz CT molecular complexity index is 1800. The van der Waals surface area contributed by atoms with Crippen molar-refractivity contribution in [1.82, 2.24) is 20.1 Å². The second-order valence-electron chi connectivity index (χ2n) is 11.9. The highest BCUT2D eigenvalue weighted by atomic mass is 19.3. The molecule has 234 valence electrons. The first-order chi connectivity index (χ1) is 21.3. The summed E-state index contributed by atoms with van der Waals surface area (Å²) in [5.74, 6) is -10.9. The Kier molecular flexibility index (Phi) is 6.50. The SMILES string of the molecule is NC(=O)C1C=C(c2cccnc2C2(NC(=O)Cn3nc(C(F)F)c4c3C(F)(F)C3CC43)CC2c2cc(F)cc(F)c2)C=CC1F. The molecule has 2 saturated carbocycles. The number of nitrogens with one attached hydrogen (secondary N) is 1. The Morgan fingerprint density at radius 2 is 1.89 bits per heavy atom. The zero-order valence-electron chi connectivity index (χ0n) is 23.2. The van der Waals surface area contributed by atoms with Gasteiger partial charge < -0.3 is 11.1 Å². The number of pyridine rings is 1. The van der Waals surface area contributed by atoms with Crippen molar-refractivity contribution in [3.8, 4) is 0 Å². The minimum atomic E-state index is -3.45. The average Bonchev–Trinajstić information content (AvgIpc) is 3.86. The minimum absolute atomic E-state index is 0.0547. The second kappa shape index (κ2) is 10.0. The van der Waals surface area contributed by atoms with Gasteiger partial charge in [0.2, 0.25) is 11.8 Å². The number of carbonyl (C=O) groups excluding carboxylic acids is 2. The molecule has 4 aliphatic rings. The van der Waals surface area contributed by atoms with Crippen LogP contribution in [0.3, 0.4) is 0 Å². The van der Waals surface area contributed by atoms with Crippen LogP contribution in [0.2, 0.25) is 0 Å². The first-order valence-electron chi connectivity index (χ1n) is 14.1. The number of nitrogens with two attached hydrogens (primary N) is 1. The Labute approximate surface area is 251 Å². The zero-order chi connectivity index (χ0) is 32.0. The molecule has 6 unspecified atom stereocenters. The van der Waals surface area contributed by atoms with E-state index in [0.717, 1.165) is 18.2 Å². The standard InChI is InChI=1S/C31H24F7N5O2/c32-15-6-14(7-16(33)9-15)21-11-30(21,26-17(2-1-5-40-26)13-3-4-22(34)19(8-13)29(39)45)41-23(44)12-43-27-24(25(42-43)28(35)36)18-10-20(18)31(27,37)38/h1-9,18-22,28H,10-12H2,(H2,39,45)(H,41,44). The zero-order valence-corrected chi connectivity index (χ0v) is 23.2. The number of alkyl halides is 5. The first-order valence-corrected chi connectivity index (χ1v) is 14.1. The van der Waals surface area contributed by atoms with Crippen LogP contribution in [-0.2, 0) is 27.6 Å². The van der Waals surface area contributed by atoms with E-state index in [-0.39, 0.29) is 29.7 Å². The fourth-order valence-corrected chi connectivity index (χ4v) is 6.97. The maximum Gasteiger partial charge on any atom is 0.293 e. The van der Waals surface area contributed by atoms with Crippen LogP contribution in [0.4, 0.5) is 30.7 Å². The summed E-state index contributed by atoms with van der Waals surface area (Å²) < 4.78 is 101. The quantitative estimate of drug-likeness (QED) is 0.330. The average molecular weight is 632 g/mol. The van der Waals surface area contributed by atoms with Crippen molar-refractivity contribution in [3.63, 3.8) is 0 Å². The lowest BCUT2D eigenvalue weighted by Gasteiger charge is -2.25. The Morgan fingerprint density at radius 1 is 1.16 bits per heavy atom. The van der Waals surface area contributed by atoms with Gasteiger partial charge in [-0.3, -0.25) is 19.3 Å². The summed E-state index contributed by atoms with van der Waals surface area (Å²) in [5.41, 5.74) is 3.25. The van der Waals surface area contributed by atoms with Crippen LogP contribution in [0.15, 0.2) is 54.8 Å². The number of hydrogen-bond acceptors (Lipinski definition) is 4. The summed E-state index contributed by atoms with van der Waals surface area (Å²) in [6.45, 7) is -0.839. The van der Waals surface area contributed by atoms with E-state index in [9.17, 15) is 31.5 Å². The lowest BCUT2D eigenvalue weighted by molar-refractivity contribution is -0.123. The summed E-state index contributed by atoms with van der Waals surface area (Å²) in [4.78, 5) is 29.9. The fourth-order valence-electron chi connectivity index (χ4n) is 6.97. The highest BCUT2D eigenvalue weighted by molar-refractivity contribution is 5.87. The molecule has 0 spiro atoms. The van der Waals surface area contributed by atoms with E-state index in [1.165, 1.54) is 18.3 Å². The lowest BCUT2D eigenvalue weighted by Crippen LogP contribution is -2.40. The molecule has 14 heteroatoms. The number of amides is 2. The van der Waals surface area contributed by atoms with Gasteiger partial charge in [-0.2, -0.15) is 13.9 Å². The number of hydrogen-bond donors (Lipinski definition) is 2. The number of carbonyl (C=O) groups is 2. The number of nitrogens with zero attached hydrogens (tertiary/aromatic N) is 3. The highest BCUT2D eigenvalue weighted by Gasteiger charge is 2.67. The topological polar surface area (TPSA) is 103 Å². The molecule has 7 rings (SSSR count). The van der Waals surface area contributed by atoms with Gasteiger partial charge in [0.15, 0.2) is 0 Å². The molecule has 2 amide bonds. The number of primary amides is 1. The molecule has 1 aromatic carbocycles. The molecule has 3 aromatic rings. The molecule has 2 fully saturated rings. The maximum atomic E-state index is 15.1. The molecule has 3 N–H and O–H groups in total. The van der Waals surface area contributed by atoms with E-state index in [1.807, 2.05) is 0 Å². The van der Waals surface area contributed by atoms with Crippen LogP contribution in [0.1, 0.15) is 64.9 Å². The van der Waals surface area contributed by atoms with Gasteiger partial charge >= 0.3 is 0 Å². The van der Waals surface area contributed by atoms with Gasteiger partial charge in [-0.15, -0.1) is 0 Å². The van der Waals surface area contributed by atoms with Crippen molar-refractivity contribution in [1.29, 1.82) is 0 Å². The van der Waals surface area contributed by atoms with Gasteiger partial charge in [0.1, 0.15) is 35.7 Å². The molecule has 2 heterocycles. The number of aromatic nitrogens is 3. The van der Waals surface area contributed by atoms with E-state index in [1.54, 1.807) is 12.1 Å². The number of fused-ring (bicyclic) bond motifs is 3. The van der Waals surface area contributed by atoms with E-state index in [0.29, 0.717) is 21.9 Å². The van der Waals surface area contributed by atoms with Gasteiger partial charge in [0, 0.05) is 35.2 Å². The van der Waals surface area contributed by atoms with Crippen molar-refractivity contribution in [2.24, 2.45) is 17.6 Å². The monoisotopic (exact) mass is 631 g/mol. The molecule has 2 aromatic heterocycles. The van der Waals surface area contributed by atoms with E-state index in [4.69, 9.17) is 5.73 Å². The van der Waals surface area contributed by atoms with Crippen LogP contribution in [0.25, 0.3) is 5.57 Å². The van der Waals surface area contributed by atoms with Gasteiger partial charge in [0.25, 0.3) is 12.3 Å². The first kappa shape index (κ1) is 29.2. The molecule has 6 atom stereocenters. The van der Waals surface area contributed by atoms with E-state index >= 15 is 8.78 Å². The number of rotatable bonds is 8. The molecule has 4 aliphatic carbocycles. The molecule has 7 nitrogen and oxygen atoms in total. The van der Waals surface area contributed by atoms with Crippen LogP contribution < -0.4 is 11.1 Å². The van der Waals surface area contributed by atoms with Crippen LogP contribution >= 0.6 is 0 Å². The van der Waals surface area contributed by atoms with Crippen molar-refractivity contribution in [2.75, 3.05) is 0 Å². The normalized spacial score (nSPS) is 28.8. The molecule has 45 heavy (non-hydrogen) atoms. The predicted molar refractivity (Wildman–Crippen MR) is 144 cm³/mol. The van der Waals surface area contributed by atoms with Crippen molar-refractivity contribution in [3.05, 3.63) is 100 Å². The number of allylic oxidation sites excluding steroid dienone is 3. The predicted octanol–water partition coefficient (Wildman–Crippen LogP) is 5.29. The Balaban J connectivity index is 1.28. The van der Waals surface area contributed by atoms with E-state index < -0.39 is 89.1 Å². The molecule has 0 aliphatic heterocycles. The van der Waals surface area contributed by atoms with Crippen LogP contribution in [-0.4, -0.2) is 32.8 Å². The third-order valence-corrected chi connectivity index (χ3v) is 9.10. The van der Waals surface area contributed by atoms with Gasteiger partial charge in [-0.1, -0.05) is 18.2 Å². The summed E-state index contributed by atoms with van der Waals surface area (Å²) in [5, 5.41) is 6.47. The molecular weight excluding hydrogens is 607 g/mol. The minimum Gasteiger partial charge on any atom is -0.369 e. The van der Waals surface area contributed by atoms with Gasteiger partial charge in [0.05, 0.1) is 17.2 Å². The maximum absolute atomic E-state index is 15.1. The van der Waals surface area contributed by atoms with Crippen molar-refractivity contribution >= 4 is 17.4 Å². The van der Waals surface area contributed by atoms with E-state index in [2.05, 4.69) is 15.4 Å². The number of halogens is 7. The Morgan fingerprint density at radius 3 is 2.58 bits per heavy atom. The fraction of sp³-hybridized carbons (Fsp3) is 0.355. The van der Waals surface area contributed by atoms with Crippen LogP contribution in [0.5, 0.6) is 0 Å². The molecule has 0 saturated heterocycles. The van der Waals surface area contributed by atoms with Crippen molar-refractivity contribution in [2.45, 2.75) is 55.3 Å². The third kappa shape index (κ3) is 4.64. The number of benzene rings is 1. The Hall–Kier alpha value is -4.49. The van der Waals surface area contributed by atoms with Crippen molar-refractivity contribution < 1.29 is 40.3 Å². The van der Waals surface area contributed by atoms with Gasteiger partial charge in [-0.25, -0.2) is 22.0 Å². The lowest BCUT2D eigenvalue weighted by atomic mass is 9.87. The molecule has 0 radical (unpaired) electrons. The second-order valence-corrected chi connectivity index (χ2v) is 11.9. The highest BCUT2D eigenvalue weighted by Crippen LogP contribution is 2.68. The largest absolute Gasteiger partial charge is 0.369 e. The smallest absolute Gasteiger partial charge is 0.293 e. The summed E-state index contributed by atoms with van der Waals surface area (Å²) in [6.07, 6.45) is 0.575. The van der Waals surface area contributed by atoms with Gasteiger partial charge in [-0.05, 0) is 54.2 Å². The summed E-state index contributed by atoms with van der Waals surface area (Å²) in [6, 6.07) is 5.99. The van der Waals surface area contributed by atoms with Crippen LogP contribution in [0, 0.1) is 23.5 Å². The summed E-state index contributed by atoms with van der Waals surface area (Å²) >= 11 is 0. The third-order valence-electron chi connectivity index (χ3n) is 9.10. The summed E-state index contributed by atoms with van der Waals surface area (Å²) in [7, 11) is 0. The molecule has 0 bridgehead atoms.